The predicted molar refractivity (Wildman–Crippen MR) is 108 cm³/mol. The van der Waals surface area contributed by atoms with Gasteiger partial charge in [-0.15, -0.1) is 0 Å². The van der Waals surface area contributed by atoms with Crippen molar-refractivity contribution in [2.45, 2.75) is 12.8 Å². The molecule has 2 heterocycles. The number of para-hydroxylation sites is 1. The average Bonchev–Trinajstić information content (AvgIpc) is 3.22. The maximum atomic E-state index is 12.5. The van der Waals surface area contributed by atoms with Gasteiger partial charge in [0.1, 0.15) is 0 Å². The zero-order chi connectivity index (χ0) is 19.3. The largest absolute Gasteiger partial charge is 0.368 e. The molecule has 0 radical (unpaired) electrons. The molecule has 2 aromatic carbocycles. The van der Waals surface area contributed by atoms with Gasteiger partial charge in [-0.25, -0.2) is 0 Å². The van der Waals surface area contributed by atoms with Crippen LogP contribution in [0.1, 0.15) is 12.3 Å². The van der Waals surface area contributed by atoms with Crippen molar-refractivity contribution >= 4 is 23.2 Å². The number of halogens is 1. The Bertz CT molecular complexity index is 936. The fourth-order valence-corrected chi connectivity index (χ4v) is 3.55. The Hall–Kier alpha value is -2.86. The SMILES string of the molecule is O=C(CCc1nc(-c2ccccc2Cl)no1)N1CCN(c2ccccc2)CC1. The molecule has 0 unspecified atom stereocenters. The van der Waals surface area contributed by atoms with Gasteiger partial charge < -0.3 is 14.3 Å². The van der Waals surface area contributed by atoms with E-state index in [1.807, 2.05) is 41.3 Å². The van der Waals surface area contributed by atoms with Crippen molar-refractivity contribution in [1.82, 2.24) is 15.0 Å². The zero-order valence-corrected chi connectivity index (χ0v) is 16.2. The van der Waals surface area contributed by atoms with E-state index in [0.717, 1.165) is 31.7 Å². The van der Waals surface area contributed by atoms with Crippen molar-refractivity contribution in [3.8, 4) is 11.4 Å². The van der Waals surface area contributed by atoms with Gasteiger partial charge >= 0.3 is 0 Å². The number of anilines is 1. The molecule has 0 aliphatic carbocycles. The summed E-state index contributed by atoms with van der Waals surface area (Å²) in [6, 6.07) is 17.6. The lowest BCUT2D eigenvalue weighted by molar-refractivity contribution is -0.131. The lowest BCUT2D eigenvalue weighted by Crippen LogP contribution is -2.48. The van der Waals surface area contributed by atoms with Gasteiger partial charge in [0.15, 0.2) is 0 Å². The lowest BCUT2D eigenvalue weighted by Gasteiger charge is -2.36. The fraction of sp³-hybridized carbons (Fsp3) is 0.286. The molecule has 0 N–H and O–H groups in total. The highest BCUT2D eigenvalue weighted by Gasteiger charge is 2.22. The number of hydrogen-bond acceptors (Lipinski definition) is 5. The first-order chi connectivity index (χ1) is 13.7. The Morgan fingerprint density at radius 2 is 1.71 bits per heavy atom. The summed E-state index contributed by atoms with van der Waals surface area (Å²) in [6.07, 6.45) is 0.782. The van der Waals surface area contributed by atoms with E-state index in [2.05, 4.69) is 27.2 Å². The second-order valence-electron chi connectivity index (χ2n) is 6.69. The van der Waals surface area contributed by atoms with Crippen molar-refractivity contribution in [1.29, 1.82) is 0 Å². The van der Waals surface area contributed by atoms with Crippen LogP contribution in [-0.4, -0.2) is 47.1 Å². The minimum atomic E-state index is 0.116. The number of aryl methyl sites for hydroxylation is 1. The van der Waals surface area contributed by atoms with Gasteiger partial charge in [-0.3, -0.25) is 4.79 Å². The van der Waals surface area contributed by atoms with Crippen LogP contribution in [0.2, 0.25) is 5.02 Å². The third kappa shape index (κ3) is 4.17. The molecule has 1 aromatic heterocycles. The summed E-state index contributed by atoms with van der Waals surface area (Å²) < 4.78 is 5.29. The maximum Gasteiger partial charge on any atom is 0.227 e. The van der Waals surface area contributed by atoms with Crippen LogP contribution < -0.4 is 4.90 Å². The second-order valence-corrected chi connectivity index (χ2v) is 7.10. The number of nitrogens with zero attached hydrogens (tertiary/aromatic N) is 4. The third-order valence-electron chi connectivity index (χ3n) is 4.89. The molecule has 144 valence electrons. The molecular formula is C21H21ClN4O2. The Labute approximate surface area is 168 Å². The highest BCUT2D eigenvalue weighted by atomic mass is 35.5. The Morgan fingerprint density at radius 1 is 1.00 bits per heavy atom. The first kappa shape index (κ1) is 18.5. The summed E-state index contributed by atoms with van der Waals surface area (Å²) in [7, 11) is 0. The molecule has 1 amide bonds. The highest BCUT2D eigenvalue weighted by Crippen LogP contribution is 2.25. The van der Waals surface area contributed by atoms with Crippen LogP contribution in [0.4, 0.5) is 5.69 Å². The average molecular weight is 397 g/mol. The minimum absolute atomic E-state index is 0.116. The van der Waals surface area contributed by atoms with Gasteiger partial charge in [-0.1, -0.05) is 47.1 Å². The number of hydrogen-bond donors (Lipinski definition) is 0. The van der Waals surface area contributed by atoms with Gasteiger partial charge in [-0.2, -0.15) is 4.98 Å². The summed E-state index contributed by atoms with van der Waals surface area (Å²) in [6.45, 7) is 3.13. The van der Waals surface area contributed by atoms with E-state index < -0.39 is 0 Å². The Kier molecular flexibility index (Phi) is 5.58. The third-order valence-corrected chi connectivity index (χ3v) is 5.22. The topological polar surface area (TPSA) is 62.5 Å². The lowest BCUT2D eigenvalue weighted by atomic mass is 10.2. The maximum absolute atomic E-state index is 12.5. The number of piperazine rings is 1. The highest BCUT2D eigenvalue weighted by molar-refractivity contribution is 6.33. The fourth-order valence-electron chi connectivity index (χ4n) is 3.33. The van der Waals surface area contributed by atoms with Crippen molar-refractivity contribution < 1.29 is 9.32 Å². The van der Waals surface area contributed by atoms with Crippen molar-refractivity contribution in [2.75, 3.05) is 31.1 Å². The van der Waals surface area contributed by atoms with Crippen molar-refractivity contribution in [3.63, 3.8) is 0 Å². The van der Waals surface area contributed by atoms with Gasteiger partial charge in [0, 0.05) is 50.3 Å². The second kappa shape index (κ2) is 8.44. The molecule has 0 spiro atoms. The van der Waals surface area contributed by atoms with E-state index in [9.17, 15) is 4.79 Å². The molecule has 7 heteroatoms. The minimum Gasteiger partial charge on any atom is -0.368 e. The molecule has 1 saturated heterocycles. The molecule has 3 aromatic rings. The number of rotatable bonds is 5. The first-order valence-electron chi connectivity index (χ1n) is 9.36. The summed E-state index contributed by atoms with van der Waals surface area (Å²) in [4.78, 5) is 21.1. The van der Waals surface area contributed by atoms with Gasteiger partial charge in [0.05, 0.1) is 5.02 Å². The first-order valence-corrected chi connectivity index (χ1v) is 9.74. The van der Waals surface area contributed by atoms with Crippen LogP contribution in [0.15, 0.2) is 59.1 Å². The molecule has 6 nitrogen and oxygen atoms in total. The number of carbonyl (C=O) groups is 1. The van der Waals surface area contributed by atoms with Crippen LogP contribution in [-0.2, 0) is 11.2 Å². The molecule has 28 heavy (non-hydrogen) atoms. The van der Waals surface area contributed by atoms with Gasteiger partial charge in [-0.05, 0) is 24.3 Å². The smallest absolute Gasteiger partial charge is 0.227 e. The van der Waals surface area contributed by atoms with Crippen LogP contribution in [0.3, 0.4) is 0 Å². The quantitative estimate of drug-likeness (QED) is 0.658. The van der Waals surface area contributed by atoms with E-state index in [1.54, 1.807) is 6.07 Å². The molecular weight excluding hydrogens is 376 g/mol. The molecule has 0 atom stereocenters. The summed E-state index contributed by atoms with van der Waals surface area (Å²) in [5.74, 6) is 1.01. The van der Waals surface area contributed by atoms with E-state index >= 15 is 0 Å². The van der Waals surface area contributed by atoms with Crippen molar-refractivity contribution in [3.05, 3.63) is 65.5 Å². The molecule has 0 saturated carbocycles. The molecule has 1 aliphatic rings. The van der Waals surface area contributed by atoms with Crippen molar-refractivity contribution in [2.24, 2.45) is 0 Å². The van der Waals surface area contributed by atoms with Crippen LogP contribution >= 0.6 is 11.6 Å². The van der Waals surface area contributed by atoms with E-state index in [0.29, 0.717) is 29.6 Å². The zero-order valence-electron chi connectivity index (χ0n) is 15.4. The Morgan fingerprint density at radius 3 is 2.46 bits per heavy atom. The summed E-state index contributed by atoms with van der Waals surface area (Å²) in [5, 5.41) is 4.55. The summed E-state index contributed by atoms with van der Waals surface area (Å²) in [5.41, 5.74) is 1.93. The standard InChI is InChI=1S/C21H21ClN4O2/c22-18-9-5-4-8-17(18)21-23-19(28-24-21)10-11-20(27)26-14-12-25(13-15-26)16-6-2-1-3-7-16/h1-9H,10-15H2. The monoisotopic (exact) mass is 396 g/mol. The molecule has 4 rings (SSSR count). The number of aromatic nitrogens is 2. The van der Waals surface area contributed by atoms with Gasteiger partial charge in [0.2, 0.25) is 17.6 Å². The normalized spacial score (nSPS) is 14.3. The molecule has 1 aliphatic heterocycles. The van der Waals surface area contributed by atoms with E-state index in [1.165, 1.54) is 5.69 Å². The van der Waals surface area contributed by atoms with E-state index in [-0.39, 0.29) is 5.91 Å². The molecule has 1 fully saturated rings. The predicted octanol–water partition coefficient (Wildman–Crippen LogP) is 3.67. The number of benzene rings is 2. The Balaban J connectivity index is 1.29. The molecule has 0 bridgehead atoms. The number of carbonyl (C=O) groups excluding carboxylic acids is 1. The summed E-state index contributed by atoms with van der Waals surface area (Å²) >= 11 is 6.17. The van der Waals surface area contributed by atoms with Crippen LogP contribution in [0.5, 0.6) is 0 Å². The van der Waals surface area contributed by atoms with Crippen LogP contribution in [0, 0.1) is 0 Å². The number of amides is 1. The van der Waals surface area contributed by atoms with Crippen LogP contribution in [0.25, 0.3) is 11.4 Å². The van der Waals surface area contributed by atoms with E-state index in [4.69, 9.17) is 16.1 Å². The van der Waals surface area contributed by atoms with Gasteiger partial charge in [0.25, 0.3) is 0 Å².